The number of fused-ring (bicyclic) bond motifs is 1. The molecular weight excluding hydrogens is 256 g/mol. The lowest BCUT2D eigenvalue weighted by atomic mass is 10.1. The molecule has 0 saturated heterocycles. The van der Waals surface area contributed by atoms with Crippen molar-refractivity contribution in [3.63, 3.8) is 0 Å². The summed E-state index contributed by atoms with van der Waals surface area (Å²) < 4.78 is 23.6. The molecule has 0 aliphatic heterocycles. The quantitative estimate of drug-likeness (QED) is 0.921. The van der Waals surface area contributed by atoms with Crippen molar-refractivity contribution in [3.05, 3.63) is 29.8 Å². The minimum absolute atomic E-state index is 0.217. The largest absolute Gasteiger partial charge is 0.305 e. The fourth-order valence-electron chi connectivity index (χ4n) is 1.67. The summed E-state index contributed by atoms with van der Waals surface area (Å²) in [5, 5.41) is 6.04. The summed E-state index contributed by atoms with van der Waals surface area (Å²) in [5.74, 6) is 0. The fraction of sp³-hybridized carbons (Fsp3) is 0.273. The van der Waals surface area contributed by atoms with Crippen LogP contribution in [0.2, 0.25) is 0 Å². The van der Waals surface area contributed by atoms with E-state index in [2.05, 4.69) is 4.90 Å². The smallest absolute Gasteiger partial charge is 0.247 e. The van der Waals surface area contributed by atoms with Gasteiger partial charge in [0.2, 0.25) is 10.0 Å². The van der Waals surface area contributed by atoms with E-state index in [-0.39, 0.29) is 4.21 Å². The summed E-state index contributed by atoms with van der Waals surface area (Å²) in [5.41, 5.74) is 1.15. The average Bonchev–Trinajstić information content (AvgIpc) is 2.58. The van der Waals surface area contributed by atoms with E-state index >= 15 is 0 Å². The molecule has 0 atom stereocenters. The monoisotopic (exact) mass is 270 g/mol. The van der Waals surface area contributed by atoms with Crippen molar-refractivity contribution >= 4 is 31.4 Å². The van der Waals surface area contributed by atoms with Crippen LogP contribution in [-0.4, -0.2) is 27.4 Å². The Hall–Kier alpha value is -0.950. The summed E-state index contributed by atoms with van der Waals surface area (Å²) in [7, 11) is 0.395. The molecule has 1 aromatic heterocycles. The Morgan fingerprint density at radius 2 is 2.00 bits per heavy atom. The number of nitrogens with two attached hydrogens (primary N) is 1. The molecule has 1 heterocycles. The van der Waals surface area contributed by atoms with Crippen LogP contribution in [0.1, 0.15) is 5.56 Å². The average molecular weight is 270 g/mol. The van der Waals surface area contributed by atoms with Crippen LogP contribution in [0.5, 0.6) is 0 Å². The van der Waals surface area contributed by atoms with Gasteiger partial charge in [-0.1, -0.05) is 6.07 Å². The summed E-state index contributed by atoms with van der Waals surface area (Å²) in [6.45, 7) is 0.830. The number of rotatable bonds is 3. The predicted molar refractivity (Wildman–Crippen MR) is 70.6 cm³/mol. The highest BCUT2D eigenvalue weighted by molar-refractivity contribution is 7.91. The Labute approximate surface area is 105 Å². The Kier molecular flexibility index (Phi) is 3.22. The van der Waals surface area contributed by atoms with Crippen molar-refractivity contribution in [1.82, 2.24) is 4.90 Å². The van der Waals surface area contributed by atoms with Crippen LogP contribution in [0, 0.1) is 0 Å². The van der Waals surface area contributed by atoms with Gasteiger partial charge >= 0.3 is 0 Å². The Balaban J connectivity index is 2.48. The fourth-order valence-corrected chi connectivity index (χ4v) is 3.47. The summed E-state index contributed by atoms with van der Waals surface area (Å²) in [6, 6.07) is 7.58. The third kappa shape index (κ3) is 2.84. The van der Waals surface area contributed by atoms with Gasteiger partial charge in [0.25, 0.3) is 0 Å². The van der Waals surface area contributed by atoms with E-state index in [1.807, 2.05) is 32.3 Å². The molecule has 4 nitrogen and oxygen atoms in total. The van der Waals surface area contributed by atoms with E-state index < -0.39 is 10.0 Å². The highest BCUT2D eigenvalue weighted by Gasteiger charge is 2.12. The first-order valence-corrected chi connectivity index (χ1v) is 7.42. The van der Waals surface area contributed by atoms with E-state index in [4.69, 9.17) is 5.14 Å². The summed E-state index contributed by atoms with van der Waals surface area (Å²) in [6.07, 6.45) is 0. The van der Waals surface area contributed by atoms with Crippen LogP contribution >= 0.6 is 11.3 Å². The van der Waals surface area contributed by atoms with Crippen LogP contribution < -0.4 is 5.14 Å². The van der Waals surface area contributed by atoms with Crippen molar-refractivity contribution in [1.29, 1.82) is 0 Å². The van der Waals surface area contributed by atoms with Crippen molar-refractivity contribution < 1.29 is 8.42 Å². The number of thiophene rings is 1. The van der Waals surface area contributed by atoms with Crippen molar-refractivity contribution in [2.24, 2.45) is 5.14 Å². The zero-order valence-corrected chi connectivity index (χ0v) is 11.3. The standard InChI is InChI=1S/C11H14N2O2S2/c1-13(2)7-8-3-4-10-9(5-8)6-11(16-10)17(12,14)15/h3-6H,7H2,1-2H3,(H2,12,14,15). The lowest BCUT2D eigenvalue weighted by Gasteiger charge is -2.08. The number of hydrogen-bond acceptors (Lipinski definition) is 4. The van der Waals surface area contributed by atoms with Crippen LogP contribution in [0.25, 0.3) is 10.1 Å². The number of sulfonamides is 1. The molecule has 0 aliphatic carbocycles. The maximum Gasteiger partial charge on any atom is 0.247 e. The molecule has 0 bridgehead atoms. The lowest BCUT2D eigenvalue weighted by molar-refractivity contribution is 0.403. The molecule has 0 fully saturated rings. The maximum absolute atomic E-state index is 11.2. The first-order chi connectivity index (χ1) is 7.86. The van der Waals surface area contributed by atoms with Crippen LogP contribution in [0.4, 0.5) is 0 Å². The van der Waals surface area contributed by atoms with Crippen molar-refractivity contribution in [2.75, 3.05) is 14.1 Å². The highest BCUT2D eigenvalue weighted by Crippen LogP contribution is 2.29. The first-order valence-electron chi connectivity index (χ1n) is 5.06. The number of primary sulfonamides is 1. The molecule has 0 unspecified atom stereocenters. The highest BCUT2D eigenvalue weighted by atomic mass is 32.2. The predicted octanol–water partition coefficient (Wildman–Crippen LogP) is 1.61. The van der Waals surface area contributed by atoms with Gasteiger partial charge in [-0.15, -0.1) is 11.3 Å². The van der Waals surface area contributed by atoms with Gasteiger partial charge in [0.1, 0.15) is 4.21 Å². The molecule has 0 radical (unpaired) electrons. The first kappa shape index (κ1) is 12.5. The van der Waals surface area contributed by atoms with E-state index in [0.29, 0.717) is 0 Å². The van der Waals surface area contributed by atoms with Crippen molar-refractivity contribution in [3.8, 4) is 0 Å². The molecule has 0 spiro atoms. The SMILES string of the molecule is CN(C)Cc1ccc2sc(S(N)(=O)=O)cc2c1. The van der Waals surface area contributed by atoms with E-state index in [1.54, 1.807) is 6.07 Å². The molecule has 1 aromatic carbocycles. The van der Waals surface area contributed by atoms with Gasteiger partial charge in [-0.3, -0.25) is 0 Å². The molecule has 92 valence electrons. The second-order valence-corrected chi connectivity index (χ2v) is 7.09. The lowest BCUT2D eigenvalue weighted by Crippen LogP contribution is -2.10. The van der Waals surface area contributed by atoms with Gasteiger partial charge < -0.3 is 4.90 Å². The summed E-state index contributed by atoms with van der Waals surface area (Å²) >= 11 is 1.21. The molecule has 6 heteroatoms. The minimum atomic E-state index is -3.59. The molecule has 2 aromatic rings. The second-order valence-electron chi connectivity index (χ2n) is 4.22. The van der Waals surface area contributed by atoms with E-state index in [0.717, 1.165) is 22.2 Å². The normalized spacial score (nSPS) is 12.5. The van der Waals surface area contributed by atoms with Gasteiger partial charge in [0.05, 0.1) is 0 Å². The molecule has 0 aliphatic rings. The van der Waals surface area contributed by atoms with Gasteiger partial charge in [-0.05, 0) is 43.2 Å². The molecule has 2 N–H and O–H groups in total. The zero-order chi connectivity index (χ0) is 12.6. The van der Waals surface area contributed by atoms with Crippen LogP contribution in [-0.2, 0) is 16.6 Å². The zero-order valence-electron chi connectivity index (χ0n) is 9.67. The molecular formula is C11H14N2O2S2. The van der Waals surface area contributed by atoms with E-state index in [1.165, 1.54) is 11.3 Å². The molecule has 2 rings (SSSR count). The molecule has 0 amide bonds. The topological polar surface area (TPSA) is 63.4 Å². The Morgan fingerprint density at radius 3 is 2.59 bits per heavy atom. The van der Waals surface area contributed by atoms with Gasteiger partial charge in [0.15, 0.2) is 0 Å². The van der Waals surface area contributed by atoms with Crippen LogP contribution in [0.3, 0.4) is 0 Å². The Morgan fingerprint density at radius 1 is 1.29 bits per heavy atom. The number of hydrogen-bond donors (Lipinski definition) is 1. The van der Waals surface area contributed by atoms with Crippen LogP contribution in [0.15, 0.2) is 28.5 Å². The second kappa shape index (κ2) is 4.38. The molecule has 17 heavy (non-hydrogen) atoms. The molecule has 0 saturated carbocycles. The third-order valence-electron chi connectivity index (χ3n) is 2.34. The third-order valence-corrected chi connectivity index (χ3v) is 4.87. The van der Waals surface area contributed by atoms with Gasteiger partial charge in [-0.2, -0.15) is 0 Å². The Bertz CT molecular complexity index is 645. The number of benzene rings is 1. The van der Waals surface area contributed by atoms with Gasteiger partial charge in [-0.25, -0.2) is 13.6 Å². The number of nitrogens with zero attached hydrogens (tertiary/aromatic N) is 1. The maximum atomic E-state index is 11.2. The van der Waals surface area contributed by atoms with E-state index in [9.17, 15) is 8.42 Å². The summed E-state index contributed by atoms with van der Waals surface area (Å²) in [4.78, 5) is 2.06. The van der Waals surface area contributed by atoms with Gasteiger partial charge in [0, 0.05) is 11.2 Å². The minimum Gasteiger partial charge on any atom is -0.305 e. The van der Waals surface area contributed by atoms with Crippen molar-refractivity contribution in [2.45, 2.75) is 10.8 Å².